The highest BCUT2D eigenvalue weighted by atomic mass is 32.2. The van der Waals surface area contributed by atoms with Gasteiger partial charge in [0.2, 0.25) is 0 Å². The van der Waals surface area contributed by atoms with Crippen LogP contribution in [0.4, 0.5) is 0 Å². The third-order valence-electron chi connectivity index (χ3n) is 2.90. The van der Waals surface area contributed by atoms with Gasteiger partial charge in [-0.2, -0.15) is 11.8 Å². The summed E-state index contributed by atoms with van der Waals surface area (Å²) in [6, 6.07) is 0.783. The molecule has 0 saturated heterocycles. The molecule has 1 aliphatic rings. The Hall–Kier alpha value is 0.310. The van der Waals surface area contributed by atoms with Gasteiger partial charge in [-0.1, -0.05) is 20.8 Å². The van der Waals surface area contributed by atoms with Crippen molar-refractivity contribution in [1.29, 1.82) is 0 Å². The van der Waals surface area contributed by atoms with Crippen molar-refractivity contribution >= 4 is 11.8 Å². The van der Waals surface area contributed by atoms with Gasteiger partial charge >= 0.3 is 0 Å². The Bertz CT molecular complexity index is 138. The largest absolute Gasteiger partial charge is 0.313 e. The van der Waals surface area contributed by atoms with Gasteiger partial charge in [-0.3, -0.25) is 0 Å². The molecule has 0 heterocycles. The summed E-state index contributed by atoms with van der Waals surface area (Å²) in [5.41, 5.74) is 0. The third kappa shape index (κ3) is 3.51. The molecule has 1 rings (SSSR count). The Kier molecular flexibility index (Phi) is 5.18. The lowest BCUT2D eigenvalue weighted by molar-refractivity contribution is 0.321. The fourth-order valence-corrected chi connectivity index (χ4v) is 3.58. The molecule has 0 aromatic heterocycles. The SMILES string of the molecule is CCNC1CCC(C)CC1SCC. The van der Waals surface area contributed by atoms with E-state index in [9.17, 15) is 0 Å². The second kappa shape index (κ2) is 5.92. The predicted molar refractivity (Wildman–Crippen MR) is 62.4 cm³/mol. The summed E-state index contributed by atoms with van der Waals surface area (Å²) >= 11 is 2.14. The summed E-state index contributed by atoms with van der Waals surface area (Å²) in [7, 11) is 0. The summed E-state index contributed by atoms with van der Waals surface area (Å²) < 4.78 is 0. The molecule has 1 N–H and O–H groups in total. The van der Waals surface area contributed by atoms with Crippen LogP contribution in [0.5, 0.6) is 0 Å². The van der Waals surface area contributed by atoms with Crippen molar-refractivity contribution in [1.82, 2.24) is 5.32 Å². The van der Waals surface area contributed by atoms with Gasteiger partial charge in [0.15, 0.2) is 0 Å². The van der Waals surface area contributed by atoms with Gasteiger partial charge < -0.3 is 5.32 Å². The van der Waals surface area contributed by atoms with Crippen molar-refractivity contribution < 1.29 is 0 Å². The van der Waals surface area contributed by atoms with Crippen molar-refractivity contribution in [2.24, 2.45) is 5.92 Å². The maximum absolute atomic E-state index is 3.62. The quantitative estimate of drug-likeness (QED) is 0.750. The van der Waals surface area contributed by atoms with E-state index in [0.717, 1.165) is 23.8 Å². The normalized spacial score (nSPS) is 34.8. The van der Waals surface area contributed by atoms with E-state index in [0.29, 0.717) is 0 Å². The van der Waals surface area contributed by atoms with E-state index < -0.39 is 0 Å². The Morgan fingerprint density at radius 1 is 1.31 bits per heavy atom. The maximum atomic E-state index is 3.62. The zero-order valence-corrected chi connectivity index (χ0v) is 9.99. The van der Waals surface area contributed by atoms with E-state index in [4.69, 9.17) is 0 Å². The minimum Gasteiger partial charge on any atom is -0.313 e. The third-order valence-corrected chi connectivity index (χ3v) is 4.18. The summed E-state index contributed by atoms with van der Waals surface area (Å²) in [6.07, 6.45) is 4.21. The van der Waals surface area contributed by atoms with Crippen LogP contribution in [0.1, 0.15) is 40.0 Å². The molecule has 0 bridgehead atoms. The molecule has 1 fully saturated rings. The van der Waals surface area contributed by atoms with Gasteiger partial charge in [0, 0.05) is 11.3 Å². The Balaban J connectivity index is 2.40. The molecular formula is C11H23NS. The summed E-state index contributed by atoms with van der Waals surface area (Å²) in [5.74, 6) is 2.21. The van der Waals surface area contributed by atoms with E-state index in [1.54, 1.807) is 0 Å². The Morgan fingerprint density at radius 3 is 2.69 bits per heavy atom. The number of nitrogens with one attached hydrogen (secondary N) is 1. The molecule has 0 aromatic rings. The van der Waals surface area contributed by atoms with Crippen molar-refractivity contribution in [3.63, 3.8) is 0 Å². The summed E-state index contributed by atoms with van der Waals surface area (Å²) in [6.45, 7) is 8.00. The second-order valence-electron chi connectivity index (χ2n) is 4.08. The minimum atomic E-state index is 0.783. The average molecular weight is 201 g/mol. The Morgan fingerprint density at radius 2 is 2.08 bits per heavy atom. The molecule has 13 heavy (non-hydrogen) atoms. The fraction of sp³-hybridized carbons (Fsp3) is 1.00. The van der Waals surface area contributed by atoms with Crippen LogP contribution in [0.15, 0.2) is 0 Å². The van der Waals surface area contributed by atoms with Crippen molar-refractivity contribution in [2.75, 3.05) is 12.3 Å². The average Bonchev–Trinajstić information content (AvgIpc) is 2.10. The van der Waals surface area contributed by atoms with Gasteiger partial charge in [-0.15, -0.1) is 0 Å². The molecule has 0 spiro atoms. The predicted octanol–water partition coefficient (Wildman–Crippen LogP) is 2.91. The zero-order chi connectivity index (χ0) is 9.68. The molecule has 3 unspecified atom stereocenters. The lowest BCUT2D eigenvalue weighted by Crippen LogP contribution is -2.42. The van der Waals surface area contributed by atoms with Gasteiger partial charge in [0.25, 0.3) is 0 Å². The molecule has 0 amide bonds. The fourth-order valence-electron chi connectivity index (χ4n) is 2.22. The van der Waals surface area contributed by atoms with Crippen LogP contribution in [-0.2, 0) is 0 Å². The van der Waals surface area contributed by atoms with Crippen LogP contribution in [0.25, 0.3) is 0 Å². The summed E-state index contributed by atoms with van der Waals surface area (Å²) in [4.78, 5) is 0. The van der Waals surface area contributed by atoms with E-state index >= 15 is 0 Å². The van der Waals surface area contributed by atoms with Crippen LogP contribution in [-0.4, -0.2) is 23.6 Å². The smallest absolute Gasteiger partial charge is 0.0203 e. The van der Waals surface area contributed by atoms with Crippen LogP contribution in [0, 0.1) is 5.92 Å². The molecule has 1 aliphatic carbocycles. The molecule has 1 nitrogen and oxygen atoms in total. The molecule has 1 saturated carbocycles. The number of hydrogen-bond donors (Lipinski definition) is 1. The first-order valence-corrected chi connectivity index (χ1v) is 6.67. The van der Waals surface area contributed by atoms with Crippen LogP contribution in [0.2, 0.25) is 0 Å². The van der Waals surface area contributed by atoms with Gasteiger partial charge in [0.1, 0.15) is 0 Å². The summed E-state index contributed by atoms with van der Waals surface area (Å²) in [5, 5.41) is 4.49. The molecular weight excluding hydrogens is 178 g/mol. The van der Waals surface area contributed by atoms with Crippen molar-refractivity contribution in [3.8, 4) is 0 Å². The van der Waals surface area contributed by atoms with Crippen molar-refractivity contribution in [2.45, 2.75) is 51.3 Å². The topological polar surface area (TPSA) is 12.0 Å². The number of hydrogen-bond acceptors (Lipinski definition) is 2. The molecule has 78 valence electrons. The molecule has 2 heteroatoms. The highest BCUT2D eigenvalue weighted by Gasteiger charge is 2.27. The highest BCUT2D eigenvalue weighted by Crippen LogP contribution is 2.32. The van der Waals surface area contributed by atoms with E-state index in [1.165, 1.54) is 25.0 Å². The number of rotatable bonds is 4. The molecule has 0 aliphatic heterocycles. The zero-order valence-electron chi connectivity index (χ0n) is 9.18. The Labute approximate surface area is 87.1 Å². The van der Waals surface area contributed by atoms with E-state index in [1.807, 2.05) is 0 Å². The molecule has 0 radical (unpaired) electrons. The van der Waals surface area contributed by atoms with E-state index in [-0.39, 0.29) is 0 Å². The lowest BCUT2D eigenvalue weighted by Gasteiger charge is -2.34. The second-order valence-corrected chi connectivity index (χ2v) is 5.59. The first-order chi connectivity index (χ1) is 6.27. The molecule has 3 atom stereocenters. The van der Waals surface area contributed by atoms with Gasteiger partial charge in [-0.25, -0.2) is 0 Å². The lowest BCUT2D eigenvalue weighted by atomic mass is 9.87. The van der Waals surface area contributed by atoms with Crippen LogP contribution in [0.3, 0.4) is 0 Å². The van der Waals surface area contributed by atoms with Crippen LogP contribution < -0.4 is 5.32 Å². The van der Waals surface area contributed by atoms with Gasteiger partial charge in [-0.05, 0) is 37.5 Å². The first kappa shape index (κ1) is 11.4. The maximum Gasteiger partial charge on any atom is 0.0203 e. The standard InChI is InChI=1S/C11H23NS/c1-4-12-10-7-6-9(3)8-11(10)13-5-2/h9-12H,4-8H2,1-3H3. The van der Waals surface area contributed by atoms with Crippen LogP contribution >= 0.6 is 11.8 Å². The van der Waals surface area contributed by atoms with Crippen molar-refractivity contribution in [3.05, 3.63) is 0 Å². The van der Waals surface area contributed by atoms with E-state index in [2.05, 4.69) is 37.8 Å². The monoisotopic (exact) mass is 201 g/mol. The first-order valence-electron chi connectivity index (χ1n) is 5.62. The number of thioether (sulfide) groups is 1. The highest BCUT2D eigenvalue weighted by molar-refractivity contribution is 7.99. The minimum absolute atomic E-state index is 0.783. The van der Waals surface area contributed by atoms with Gasteiger partial charge in [0.05, 0.1) is 0 Å². The molecule has 0 aromatic carbocycles.